The van der Waals surface area contributed by atoms with Gasteiger partial charge in [0.1, 0.15) is 5.75 Å². The van der Waals surface area contributed by atoms with E-state index in [1.54, 1.807) is 0 Å². The maximum Gasteiger partial charge on any atom is 0.416 e. The number of benzene rings is 1. The lowest BCUT2D eigenvalue weighted by atomic mass is 9.74. The quantitative estimate of drug-likeness (QED) is 0.760. The standard InChI is InChI=1S/C18H22F6N2O/c1-27-14-10-12(17(19,20)21)9-13(18(22,23)24)15(14)16(11-3-2-4-11)26-7-5-25-6-8-26/h9-11,16,25H,2-8H2,1H3/t16-/m0/s1. The highest BCUT2D eigenvalue weighted by atomic mass is 19.4. The van der Waals surface area contributed by atoms with Gasteiger partial charge in [0.05, 0.1) is 18.2 Å². The maximum atomic E-state index is 13.8. The van der Waals surface area contributed by atoms with Crippen LogP contribution < -0.4 is 10.1 Å². The predicted molar refractivity (Wildman–Crippen MR) is 87.5 cm³/mol. The van der Waals surface area contributed by atoms with Gasteiger partial charge in [-0.15, -0.1) is 0 Å². The van der Waals surface area contributed by atoms with E-state index in [0.29, 0.717) is 32.2 Å². The van der Waals surface area contributed by atoms with Crippen LogP contribution in [0, 0.1) is 5.92 Å². The van der Waals surface area contributed by atoms with Gasteiger partial charge in [-0.25, -0.2) is 0 Å². The molecule has 1 saturated heterocycles. The van der Waals surface area contributed by atoms with E-state index in [1.807, 2.05) is 4.90 Å². The average Bonchev–Trinajstić information content (AvgIpc) is 2.56. The Morgan fingerprint density at radius 2 is 1.67 bits per heavy atom. The Bertz CT molecular complexity index is 663. The molecule has 152 valence electrons. The highest BCUT2D eigenvalue weighted by Gasteiger charge is 2.45. The second-order valence-electron chi connectivity index (χ2n) is 7.06. The Labute approximate surface area is 153 Å². The largest absolute Gasteiger partial charge is 0.496 e. The summed E-state index contributed by atoms with van der Waals surface area (Å²) in [5.41, 5.74) is -2.75. The van der Waals surface area contributed by atoms with Gasteiger partial charge in [-0.1, -0.05) is 6.42 Å². The van der Waals surface area contributed by atoms with Gasteiger partial charge in [-0.05, 0) is 30.9 Å². The van der Waals surface area contributed by atoms with E-state index in [2.05, 4.69) is 5.32 Å². The van der Waals surface area contributed by atoms with Crippen LogP contribution >= 0.6 is 0 Å². The monoisotopic (exact) mass is 396 g/mol. The Kier molecular flexibility index (Phi) is 5.63. The third-order valence-electron chi connectivity index (χ3n) is 5.43. The molecule has 1 atom stereocenters. The van der Waals surface area contributed by atoms with Gasteiger partial charge >= 0.3 is 12.4 Å². The normalized spacial score (nSPS) is 21.0. The summed E-state index contributed by atoms with van der Waals surface area (Å²) in [6, 6.07) is 0.319. The van der Waals surface area contributed by atoms with Gasteiger partial charge in [-0.3, -0.25) is 4.90 Å². The second-order valence-corrected chi connectivity index (χ2v) is 7.06. The molecule has 27 heavy (non-hydrogen) atoms. The molecule has 0 spiro atoms. The van der Waals surface area contributed by atoms with Crippen LogP contribution in [0.5, 0.6) is 5.75 Å². The van der Waals surface area contributed by atoms with E-state index in [4.69, 9.17) is 4.74 Å². The van der Waals surface area contributed by atoms with Crippen molar-refractivity contribution in [3.05, 3.63) is 28.8 Å². The second kappa shape index (κ2) is 7.50. The van der Waals surface area contributed by atoms with Crippen molar-refractivity contribution in [3.63, 3.8) is 0 Å². The van der Waals surface area contributed by atoms with Crippen molar-refractivity contribution in [1.29, 1.82) is 0 Å². The summed E-state index contributed by atoms with van der Waals surface area (Å²) >= 11 is 0. The SMILES string of the molecule is COc1cc(C(F)(F)F)cc(C(F)(F)F)c1[C@H](C1CCC1)N1CCNCC1. The lowest BCUT2D eigenvalue weighted by molar-refractivity contribution is -0.144. The maximum absolute atomic E-state index is 13.8. The van der Waals surface area contributed by atoms with Crippen LogP contribution in [0.15, 0.2) is 12.1 Å². The summed E-state index contributed by atoms with van der Waals surface area (Å²) in [5, 5.41) is 3.15. The molecule has 9 heteroatoms. The lowest BCUT2D eigenvalue weighted by Crippen LogP contribution is -2.48. The first-order chi connectivity index (χ1) is 12.6. The molecular formula is C18H22F6N2O. The zero-order chi connectivity index (χ0) is 19.8. The molecule has 1 saturated carbocycles. The van der Waals surface area contributed by atoms with Crippen LogP contribution in [0.2, 0.25) is 0 Å². The molecular weight excluding hydrogens is 374 g/mol. The molecule has 1 aliphatic carbocycles. The van der Waals surface area contributed by atoms with Crippen LogP contribution in [-0.2, 0) is 12.4 Å². The van der Waals surface area contributed by atoms with Gasteiger partial charge in [-0.2, -0.15) is 26.3 Å². The van der Waals surface area contributed by atoms with Crippen LogP contribution in [0.1, 0.15) is 42.0 Å². The first-order valence-electron chi connectivity index (χ1n) is 8.94. The molecule has 2 aliphatic rings. The summed E-state index contributed by atoms with van der Waals surface area (Å²) in [7, 11) is 1.12. The molecule has 2 fully saturated rings. The van der Waals surface area contributed by atoms with Crippen molar-refractivity contribution >= 4 is 0 Å². The Morgan fingerprint density at radius 1 is 1.04 bits per heavy atom. The van der Waals surface area contributed by atoms with Gasteiger partial charge < -0.3 is 10.1 Å². The van der Waals surface area contributed by atoms with Crippen molar-refractivity contribution in [2.75, 3.05) is 33.3 Å². The van der Waals surface area contributed by atoms with Gasteiger partial charge in [0.15, 0.2) is 0 Å². The number of nitrogens with one attached hydrogen (secondary N) is 1. The molecule has 0 aromatic heterocycles. The van der Waals surface area contributed by atoms with Crippen molar-refractivity contribution in [1.82, 2.24) is 10.2 Å². The molecule has 1 aromatic carbocycles. The summed E-state index contributed by atoms with van der Waals surface area (Å²) in [5.74, 6) is -0.359. The topological polar surface area (TPSA) is 24.5 Å². The van der Waals surface area contributed by atoms with Crippen LogP contribution in [0.3, 0.4) is 0 Å². The number of halogens is 6. The number of ether oxygens (including phenoxy) is 1. The van der Waals surface area contributed by atoms with Crippen molar-refractivity contribution in [3.8, 4) is 5.75 Å². The molecule has 0 amide bonds. The van der Waals surface area contributed by atoms with Gasteiger partial charge in [0, 0.05) is 37.8 Å². The van der Waals surface area contributed by atoms with E-state index in [1.165, 1.54) is 0 Å². The molecule has 1 aliphatic heterocycles. The smallest absolute Gasteiger partial charge is 0.416 e. The Morgan fingerprint density at radius 3 is 2.11 bits per heavy atom. The molecule has 3 rings (SSSR count). The highest BCUT2D eigenvalue weighted by Crippen LogP contribution is 2.50. The first-order valence-corrected chi connectivity index (χ1v) is 8.94. The number of alkyl halides is 6. The van der Waals surface area contributed by atoms with E-state index in [-0.39, 0.29) is 23.3 Å². The fraction of sp³-hybridized carbons (Fsp3) is 0.667. The number of rotatable bonds is 4. The first kappa shape index (κ1) is 20.3. The van der Waals surface area contributed by atoms with Gasteiger partial charge in [0.25, 0.3) is 0 Å². The molecule has 0 bridgehead atoms. The number of nitrogens with zero attached hydrogens (tertiary/aromatic N) is 1. The number of methoxy groups -OCH3 is 1. The van der Waals surface area contributed by atoms with Crippen LogP contribution in [0.4, 0.5) is 26.3 Å². The highest BCUT2D eigenvalue weighted by molar-refractivity contribution is 5.48. The zero-order valence-corrected chi connectivity index (χ0v) is 14.9. The predicted octanol–water partition coefficient (Wildman–Crippen LogP) is 4.48. The Balaban J connectivity index is 2.17. The minimum absolute atomic E-state index is 0.0187. The summed E-state index contributed by atoms with van der Waals surface area (Å²) in [6.45, 7) is 2.35. The molecule has 1 N–H and O–H groups in total. The van der Waals surface area contributed by atoms with Crippen molar-refractivity contribution in [2.45, 2.75) is 37.7 Å². The molecule has 3 nitrogen and oxygen atoms in total. The summed E-state index contributed by atoms with van der Waals surface area (Å²) < 4.78 is 85.9. The molecule has 0 radical (unpaired) electrons. The van der Waals surface area contributed by atoms with Crippen LogP contribution in [0.25, 0.3) is 0 Å². The average molecular weight is 396 g/mol. The molecule has 1 aromatic rings. The lowest BCUT2D eigenvalue weighted by Gasteiger charge is -2.44. The van der Waals surface area contributed by atoms with Crippen LogP contribution in [-0.4, -0.2) is 38.2 Å². The Hall–Kier alpha value is -1.48. The number of piperazine rings is 1. The van der Waals surface area contributed by atoms with E-state index in [9.17, 15) is 26.3 Å². The van der Waals surface area contributed by atoms with E-state index < -0.39 is 29.5 Å². The zero-order valence-electron chi connectivity index (χ0n) is 14.9. The van der Waals surface area contributed by atoms with E-state index >= 15 is 0 Å². The van der Waals surface area contributed by atoms with E-state index in [0.717, 1.165) is 26.4 Å². The number of hydrogen-bond acceptors (Lipinski definition) is 3. The molecule has 1 heterocycles. The van der Waals surface area contributed by atoms with Crippen molar-refractivity contribution in [2.24, 2.45) is 5.92 Å². The van der Waals surface area contributed by atoms with Gasteiger partial charge in [0.2, 0.25) is 0 Å². The third kappa shape index (κ3) is 4.18. The third-order valence-corrected chi connectivity index (χ3v) is 5.43. The van der Waals surface area contributed by atoms with Crippen molar-refractivity contribution < 1.29 is 31.1 Å². The minimum Gasteiger partial charge on any atom is -0.496 e. The molecule has 0 unspecified atom stereocenters. The fourth-order valence-electron chi connectivity index (χ4n) is 3.93. The fourth-order valence-corrected chi connectivity index (χ4v) is 3.93. The minimum atomic E-state index is -4.90. The summed E-state index contributed by atoms with van der Waals surface area (Å²) in [4.78, 5) is 1.95. The summed E-state index contributed by atoms with van der Waals surface area (Å²) in [6.07, 6.45) is -7.35. The number of hydrogen-bond donors (Lipinski definition) is 1.